The molecule has 0 atom stereocenters. The van der Waals surface area contributed by atoms with E-state index in [1.807, 2.05) is 19.1 Å². The van der Waals surface area contributed by atoms with Crippen LogP contribution in [0, 0.1) is 0 Å². The van der Waals surface area contributed by atoms with Gasteiger partial charge < -0.3 is 0 Å². The standard InChI is InChI=1S/C9H7OS/c1-7(11)9-4-2-8(6-10)3-5-9/h2-5H,1H3. The SMILES string of the molecule is CC(=S)c1ccc([C]=O)cc1. The molecule has 0 saturated carbocycles. The van der Waals surface area contributed by atoms with Gasteiger partial charge in [-0.15, -0.1) is 0 Å². The molecule has 0 bridgehead atoms. The number of thiocarbonyl (C=S) groups is 1. The zero-order chi connectivity index (χ0) is 8.27. The Morgan fingerprint density at radius 3 is 2.27 bits per heavy atom. The molecule has 2 heteroatoms. The molecule has 0 fully saturated rings. The average molecular weight is 163 g/mol. The topological polar surface area (TPSA) is 17.1 Å². The number of rotatable bonds is 2. The maximum atomic E-state index is 10.1. The predicted octanol–water partition coefficient (Wildman–Crippen LogP) is 1.88. The molecule has 0 amide bonds. The van der Waals surface area contributed by atoms with Gasteiger partial charge in [0.2, 0.25) is 6.29 Å². The van der Waals surface area contributed by atoms with Crippen molar-refractivity contribution in [1.29, 1.82) is 0 Å². The van der Waals surface area contributed by atoms with Crippen molar-refractivity contribution < 1.29 is 4.79 Å². The Labute approximate surface area is 71.0 Å². The van der Waals surface area contributed by atoms with Gasteiger partial charge in [-0.2, -0.15) is 0 Å². The largest absolute Gasteiger partial charge is 0.285 e. The molecule has 1 aromatic carbocycles. The Morgan fingerprint density at radius 1 is 1.36 bits per heavy atom. The number of carbonyl (C=O) groups excluding carboxylic acids is 1. The molecule has 0 aliphatic carbocycles. The van der Waals surface area contributed by atoms with E-state index < -0.39 is 0 Å². The lowest BCUT2D eigenvalue weighted by Gasteiger charge is -1.95. The lowest BCUT2D eigenvalue weighted by molar-refractivity contribution is 0.563. The van der Waals surface area contributed by atoms with Gasteiger partial charge in [-0.3, -0.25) is 4.79 Å². The zero-order valence-electron chi connectivity index (χ0n) is 6.13. The quantitative estimate of drug-likeness (QED) is 0.489. The highest BCUT2D eigenvalue weighted by molar-refractivity contribution is 7.80. The normalized spacial score (nSPS) is 9.18. The summed E-state index contributed by atoms with van der Waals surface area (Å²) in [6, 6.07) is 7.06. The van der Waals surface area contributed by atoms with Gasteiger partial charge in [-0.25, -0.2) is 0 Å². The van der Waals surface area contributed by atoms with Gasteiger partial charge in [0.25, 0.3) is 0 Å². The second kappa shape index (κ2) is 3.39. The summed E-state index contributed by atoms with van der Waals surface area (Å²) in [5.74, 6) is 0. The minimum atomic E-state index is 0.560. The molecule has 0 aliphatic heterocycles. The van der Waals surface area contributed by atoms with Crippen LogP contribution in [0.2, 0.25) is 0 Å². The number of hydrogen-bond donors (Lipinski definition) is 0. The highest BCUT2D eigenvalue weighted by Gasteiger charge is 1.94. The van der Waals surface area contributed by atoms with Crippen LogP contribution in [0.3, 0.4) is 0 Å². The van der Waals surface area contributed by atoms with E-state index in [2.05, 4.69) is 0 Å². The van der Waals surface area contributed by atoms with Crippen LogP contribution in [0.4, 0.5) is 0 Å². The first-order chi connectivity index (χ1) is 5.24. The first-order valence-corrected chi connectivity index (χ1v) is 3.64. The Morgan fingerprint density at radius 2 is 1.91 bits per heavy atom. The summed E-state index contributed by atoms with van der Waals surface area (Å²) in [6.45, 7) is 1.86. The summed E-state index contributed by atoms with van der Waals surface area (Å²) in [6.07, 6.45) is 1.80. The molecule has 11 heavy (non-hydrogen) atoms. The van der Waals surface area contributed by atoms with Crippen LogP contribution in [0.5, 0.6) is 0 Å². The third-order valence-corrected chi connectivity index (χ3v) is 1.64. The third kappa shape index (κ3) is 1.95. The monoisotopic (exact) mass is 163 g/mol. The molecule has 1 nitrogen and oxygen atoms in total. The molecule has 0 aliphatic rings. The highest BCUT2D eigenvalue weighted by atomic mass is 32.1. The lowest BCUT2D eigenvalue weighted by atomic mass is 10.1. The Bertz CT molecular complexity index is 274. The van der Waals surface area contributed by atoms with Crippen molar-refractivity contribution in [2.24, 2.45) is 0 Å². The van der Waals surface area contributed by atoms with E-state index in [0.717, 1.165) is 10.4 Å². The van der Waals surface area contributed by atoms with Crippen LogP contribution in [0.15, 0.2) is 24.3 Å². The number of benzene rings is 1. The van der Waals surface area contributed by atoms with Gasteiger partial charge in [0.15, 0.2) is 0 Å². The van der Waals surface area contributed by atoms with E-state index in [0.29, 0.717) is 5.56 Å². The Kier molecular flexibility index (Phi) is 2.49. The zero-order valence-corrected chi connectivity index (χ0v) is 6.94. The van der Waals surface area contributed by atoms with Gasteiger partial charge in [0, 0.05) is 10.4 Å². The fraction of sp³-hybridized carbons (Fsp3) is 0.111. The third-order valence-electron chi connectivity index (χ3n) is 1.41. The fourth-order valence-electron chi connectivity index (χ4n) is 0.773. The van der Waals surface area contributed by atoms with Crippen molar-refractivity contribution in [3.8, 4) is 0 Å². The van der Waals surface area contributed by atoms with Crippen LogP contribution in [-0.2, 0) is 4.79 Å². The number of hydrogen-bond acceptors (Lipinski definition) is 2. The summed E-state index contributed by atoms with van der Waals surface area (Å²) >= 11 is 4.94. The van der Waals surface area contributed by atoms with Crippen LogP contribution in [0.1, 0.15) is 18.1 Å². The van der Waals surface area contributed by atoms with Gasteiger partial charge in [0.05, 0.1) is 0 Å². The second-order valence-corrected chi connectivity index (χ2v) is 2.85. The van der Waals surface area contributed by atoms with Crippen molar-refractivity contribution in [3.63, 3.8) is 0 Å². The molecule has 1 rings (SSSR count). The lowest BCUT2D eigenvalue weighted by Crippen LogP contribution is -1.89. The fourth-order valence-corrected chi connectivity index (χ4v) is 0.909. The first-order valence-electron chi connectivity index (χ1n) is 3.23. The highest BCUT2D eigenvalue weighted by Crippen LogP contribution is 2.03. The summed E-state index contributed by atoms with van der Waals surface area (Å²) in [4.78, 5) is 11.0. The molecule has 1 radical (unpaired) electrons. The van der Waals surface area contributed by atoms with E-state index in [-0.39, 0.29) is 0 Å². The van der Waals surface area contributed by atoms with Crippen molar-refractivity contribution in [1.82, 2.24) is 0 Å². The molecular formula is C9H7OS. The van der Waals surface area contributed by atoms with Gasteiger partial charge >= 0.3 is 0 Å². The summed E-state index contributed by atoms with van der Waals surface area (Å²) in [7, 11) is 0. The Hall–Kier alpha value is -1.02. The van der Waals surface area contributed by atoms with E-state index >= 15 is 0 Å². The maximum absolute atomic E-state index is 10.1. The molecular weight excluding hydrogens is 156 g/mol. The van der Waals surface area contributed by atoms with E-state index in [1.165, 1.54) is 0 Å². The van der Waals surface area contributed by atoms with Crippen LogP contribution < -0.4 is 0 Å². The van der Waals surface area contributed by atoms with Crippen molar-refractivity contribution in [3.05, 3.63) is 35.4 Å². The van der Waals surface area contributed by atoms with Crippen LogP contribution >= 0.6 is 12.2 Å². The molecule has 1 aromatic rings. The molecule has 0 unspecified atom stereocenters. The molecule has 0 heterocycles. The summed E-state index contributed by atoms with van der Waals surface area (Å²) < 4.78 is 0. The summed E-state index contributed by atoms with van der Waals surface area (Å²) in [5, 5.41) is 0. The molecule has 0 aromatic heterocycles. The second-order valence-electron chi connectivity index (χ2n) is 2.24. The van der Waals surface area contributed by atoms with Crippen molar-refractivity contribution >= 4 is 23.4 Å². The molecule has 0 N–H and O–H groups in total. The average Bonchev–Trinajstić information content (AvgIpc) is 2.05. The van der Waals surface area contributed by atoms with E-state index in [9.17, 15) is 4.79 Å². The molecule has 0 saturated heterocycles. The van der Waals surface area contributed by atoms with Crippen LogP contribution in [0.25, 0.3) is 0 Å². The van der Waals surface area contributed by atoms with Gasteiger partial charge in [-0.1, -0.05) is 36.5 Å². The van der Waals surface area contributed by atoms with Gasteiger partial charge in [-0.05, 0) is 12.5 Å². The van der Waals surface area contributed by atoms with Gasteiger partial charge in [0.1, 0.15) is 0 Å². The van der Waals surface area contributed by atoms with Crippen molar-refractivity contribution in [2.75, 3.05) is 0 Å². The minimum absolute atomic E-state index is 0.560. The summed E-state index contributed by atoms with van der Waals surface area (Å²) in [5.41, 5.74) is 1.55. The Balaban J connectivity index is 3.00. The predicted molar refractivity (Wildman–Crippen MR) is 48.6 cm³/mol. The maximum Gasteiger partial charge on any atom is 0.233 e. The van der Waals surface area contributed by atoms with E-state index in [4.69, 9.17) is 12.2 Å². The molecule has 0 spiro atoms. The smallest absolute Gasteiger partial charge is 0.233 e. The van der Waals surface area contributed by atoms with E-state index in [1.54, 1.807) is 18.4 Å². The molecule has 55 valence electrons. The van der Waals surface area contributed by atoms with Crippen LogP contribution in [-0.4, -0.2) is 11.2 Å². The first kappa shape index (κ1) is 8.08. The van der Waals surface area contributed by atoms with Crippen molar-refractivity contribution in [2.45, 2.75) is 6.92 Å². The minimum Gasteiger partial charge on any atom is -0.285 e.